The molecule has 0 bridgehead atoms. The van der Waals surface area contributed by atoms with E-state index in [0.717, 1.165) is 34.9 Å². The van der Waals surface area contributed by atoms with E-state index in [1.165, 1.54) is 16.6 Å². The first kappa shape index (κ1) is 16.8. The molecule has 0 spiro atoms. The number of hydrogen-bond donors (Lipinski definition) is 0. The van der Waals surface area contributed by atoms with Gasteiger partial charge in [0.05, 0.1) is 6.54 Å². The van der Waals surface area contributed by atoms with Gasteiger partial charge in [0, 0.05) is 22.2 Å². The molecular weight excluding hydrogens is 350 g/mol. The maximum Gasteiger partial charge on any atom is 0.231 e. The maximum atomic E-state index is 5.98. The Kier molecular flexibility index (Phi) is 4.17. The summed E-state index contributed by atoms with van der Waals surface area (Å²) in [5.41, 5.74) is 4.67. The molecule has 0 radical (unpaired) electrons. The molecule has 28 heavy (non-hydrogen) atoms. The van der Waals surface area contributed by atoms with Gasteiger partial charge in [-0.1, -0.05) is 42.5 Å². The lowest BCUT2D eigenvalue weighted by Crippen LogP contribution is -2.03. The number of hydrogen-bond acceptors (Lipinski definition) is 3. The molecule has 140 valence electrons. The molecule has 0 aliphatic carbocycles. The summed E-state index contributed by atoms with van der Waals surface area (Å²) in [6.07, 6.45) is 0. The van der Waals surface area contributed by atoms with Crippen molar-refractivity contribution in [2.75, 3.05) is 6.79 Å². The second-order valence-electron chi connectivity index (χ2n) is 7.02. The molecule has 4 aromatic rings. The van der Waals surface area contributed by atoms with Gasteiger partial charge >= 0.3 is 0 Å². The van der Waals surface area contributed by atoms with Crippen LogP contribution in [-0.2, 0) is 13.2 Å². The maximum absolute atomic E-state index is 5.98. The fraction of sp³-hybridized carbons (Fsp3) is 0.167. The van der Waals surface area contributed by atoms with Crippen LogP contribution in [0.4, 0.5) is 0 Å². The van der Waals surface area contributed by atoms with Gasteiger partial charge in [0.2, 0.25) is 6.79 Å². The molecule has 1 aliphatic rings. The number of para-hydroxylation sites is 1. The van der Waals surface area contributed by atoms with E-state index >= 15 is 0 Å². The Morgan fingerprint density at radius 3 is 2.71 bits per heavy atom. The molecule has 0 fully saturated rings. The van der Waals surface area contributed by atoms with E-state index in [4.69, 9.17) is 14.2 Å². The van der Waals surface area contributed by atoms with E-state index < -0.39 is 0 Å². The monoisotopic (exact) mass is 371 g/mol. The van der Waals surface area contributed by atoms with Gasteiger partial charge in [0.25, 0.3) is 0 Å². The number of fused-ring (bicyclic) bond motifs is 2. The van der Waals surface area contributed by atoms with Crippen molar-refractivity contribution in [1.29, 1.82) is 0 Å². The number of rotatable bonds is 5. The zero-order valence-electron chi connectivity index (χ0n) is 15.7. The molecule has 0 atom stereocenters. The third-order valence-electron chi connectivity index (χ3n) is 5.13. The first-order chi connectivity index (χ1) is 13.8. The fourth-order valence-corrected chi connectivity index (χ4v) is 3.71. The van der Waals surface area contributed by atoms with Crippen LogP contribution < -0.4 is 14.2 Å². The summed E-state index contributed by atoms with van der Waals surface area (Å²) in [5, 5.41) is 1.17. The lowest BCUT2D eigenvalue weighted by molar-refractivity contribution is 0.173. The van der Waals surface area contributed by atoms with Crippen LogP contribution in [-0.4, -0.2) is 11.4 Å². The van der Waals surface area contributed by atoms with Crippen molar-refractivity contribution in [2.24, 2.45) is 0 Å². The molecule has 0 unspecified atom stereocenters. The summed E-state index contributed by atoms with van der Waals surface area (Å²) >= 11 is 0. The molecule has 0 saturated carbocycles. The molecular formula is C24H21NO3. The molecule has 0 N–H and O–H groups in total. The van der Waals surface area contributed by atoms with E-state index in [2.05, 4.69) is 47.9 Å². The van der Waals surface area contributed by atoms with Crippen LogP contribution in [0, 0.1) is 6.92 Å². The molecule has 3 aromatic carbocycles. The van der Waals surface area contributed by atoms with E-state index in [-0.39, 0.29) is 0 Å². The Bertz CT molecular complexity index is 1130. The number of ether oxygens (including phenoxy) is 3. The normalized spacial score (nSPS) is 12.5. The van der Waals surface area contributed by atoms with Crippen molar-refractivity contribution in [1.82, 2.24) is 4.57 Å². The Balaban J connectivity index is 1.42. The number of nitrogens with zero attached hydrogens (tertiary/aromatic N) is 1. The van der Waals surface area contributed by atoms with Crippen molar-refractivity contribution in [3.05, 3.63) is 89.6 Å². The quantitative estimate of drug-likeness (QED) is 0.477. The predicted molar refractivity (Wildman–Crippen MR) is 109 cm³/mol. The van der Waals surface area contributed by atoms with Gasteiger partial charge in [0.1, 0.15) is 12.4 Å². The lowest BCUT2D eigenvalue weighted by atomic mass is 10.2. The summed E-state index contributed by atoms with van der Waals surface area (Å²) in [7, 11) is 0. The Morgan fingerprint density at radius 1 is 0.929 bits per heavy atom. The third kappa shape index (κ3) is 3.07. The van der Waals surface area contributed by atoms with Crippen LogP contribution in [0.15, 0.2) is 72.8 Å². The summed E-state index contributed by atoms with van der Waals surface area (Å²) < 4.78 is 19.5. The van der Waals surface area contributed by atoms with Gasteiger partial charge in [-0.05, 0) is 42.8 Å². The topological polar surface area (TPSA) is 32.6 Å². The Labute approximate surface area is 163 Å². The highest BCUT2D eigenvalue weighted by Crippen LogP contribution is 2.36. The minimum Gasteiger partial charge on any atom is -0.489 e. The van der Waals surface area contributed by atoms with Crippen LogP contribution >= 0.6 is 0 Å². The van der Waals surface area contributed by atoms with Crippen LogP contribution in [0.5, 0.6) is 17.2 Å². The van der Waals surface area contributed by atoms with E-state index in [1.54, 1.807) is 0 Å². The van der Waals surface area contributed by atoms with Crippen LogP contribution in [0.25, 0.3) is 10.9 Å². The first-order valence-corrected chi connectivity index (χ1v) is 9.42. The van der Waals surface area contributed by atoms with Crippen LogP contribution in [0.3, 0.4) is 0 Å². The third-order valence-corrected chi connectivity index (χ3v) is 5.13. The highest BCUT2D eigenvalue weighted by Gasteiger charge is 2.18. The highest BCUT2D eigenvalue weighted by atomic mass is 16.7. The van der Waals surface area contributed by atoms with Gasteiger partial charge in [-0.3, -0.25) is 0 Å². The van der Waals surface area contributed by atoms with Crippen molar-refractivity contribution in [2.45, 2.75) is 20.1 Å². The first-order valence-electron chi connectivity index (χ1n) is 9.42. The van der Waals surface area contributed by atoms with E-state index in [9.17, 15) is 0 Å². The summed E-state index contributed by atoms with van der Waals surface area (Å²) in [6.45, 7) is 3.73. The molecule has 1 aromatic heterocycles. The molecule has 4 heteroatoms. The zero-order valence-corrected chi connectivity index (χ0v) is 15.7. The van der Waals surface area contributed by atoms with Gasteiger partial charge in [-0.25, -0.2) is 0 Å². The number of benzene rings is 3. The molecule has 1 aliphatic heterocycles. The highest BCUT2D eigenvalue weighted by molar-refractivity contribution is 5.83. The molecule has 5 rings (SSSR count). The standard InChI is InChI=1S/C24H21NO3/c1-17-12-20-13-21(26-15-18-6-3-2-4-7-18)10-11-22(20)25(17)14-19-8-5-9-23-24(19)28-16-27-23/h2-13H,14-16H2,1H3. The van der Waals surface area contributed by atoms with Crippen molar-refractivity contribution in [3.63, 3.8) is 0 Å². The van der Waals surface area contributed by atoms with E-state index in [0.29, 0.717) is 13.4 Å². The fourth-order valence-electron chi connectivity index (χ4n) is 3.71. The minimum absolute atomic E-state index is 0.292. The van der Waals surface area contributed by atoms with Gasteiger partial charge < -0.3 is 18.8 Å². The SMILES string of the molecule is Cc1cc2cc(OCc3ccccc3)ccc2n1Cc1cccc2c1OCO2. The second-order valence-corrected chi connectivity index (χ2v) is 7.02. The van der Waals surface area contributed by atoms with Crippen LogP contribution in [0.2, 0.25) is 0 Å². The second kappa shape index (κ2) is 6.97. The molecule has 0 saturated heterocycles. The predicted octanol–water partition coefficient (Wildman–Crippen LogP) is 5.31. The Morgan fingerprint density at radius 2 is 1.82 bits per heavy atom. The lowest BCUT2D eigenvalue weighted by Gasteiger charge is -2.11. The summed E-state index contributed by atoms with van der Waals surface area (Å²) in [6, 6.07) is 24.7. The van der Waals surface area contributed by atoms with Gasteiger partial charge in [-0.2, -0.15) is 0 Å². The average Bonchev–Trinajstić information content (AvgIpc) is 3.32. The largest absolute Gasteiger partial charge is 0.489 e. The molecule has 0 amide bonds. The average molecular weight is 371 g/mol. The summed E-state index contributed by atoms with van der Waals surface area (Å²) in [4.78, 5) is 0. The van der Waals surface area contributed by atoms with E-state index in [1.807, 2.05) is 36.4 Å². The minimum atomic E-state index is 0.292. The Hall–Kier alpha value is -3.40. The molecule has 2 heterocycles. The zero-order chi connectivity index (χ0) is 18.9. The summed E-state index contributed by atoms with van der Waals surface area (Å²) in [5.74, 6) is 2.56. The number of aromatic nitrogens is 1. The smallest absolute Gasteiger partial charge is 0.231 e. The number of aryl methyl sites for hydroxylation is 1. The van der Waals surface area contributed by atoms with Gasteiger partial charge in [0.15, 0.2) is 11.5 Å². The van der Waals surface area contributed by atoms with Crippen LogP contribution in [0.1, 0.15) is 16.8 Å². The van der Waals surface area contributed by atoms with Crippen molar-refractivity contribution in [3.8, 4) is 17.2 Å². The van der Waals surface area contributed by atoms with Crippen molar-refractivity contribution < 1.29 is 14.2 Å². The molecule has 4 nitrogen and oxygen atoms in total. The van der Waals surface area contributed by atoms with Gasteiger partial charge in [-0.15, -0.1) is 0 Å². The van der Waals surface area contributed by atoms with Crippen molar-refractivity contribution >= 4 is 10.9 Å².